The highest BCUT2D eigenvalue weighted by Crippen LogP contribution is 2.32. The van der Waals surface area contributed by atoms with Crippen LogP contribution in [-0.2, 0) is 16.0 Å². The van der Waals surface area contributed by atoms with E-state index >= 15 is 0 Å². The first-order chi connectivity index (χ1) is 11.3. The van der Waals surface area contributed by atoms with Gasteiger partial charge < -0.3 is 19.1 Å². The van der Waals surface area contributed by atoms with Gasteiger partial charge >= 0.3 is 0 Å². The summed E-state index contributed by atoms with van der Waals surface area (Å²) in [4.78, 5) is 14.7. The molecule has 0 aromatic carbocycles. The summed E-state index contributed by atoms with van der Waals surface area (Å²) < 4.78 is 19.0. The lowest BCUT2D eigenvalue weighted by atomic mass is 9.90. The predicted molar refractivity (Wildman–Crippen MR) is 81.6 cm³/mol. The van der Waals surface area contributed by atoms with Crippen molar-refractivity contribution in [1.82, 2.24) is 14.7 Å². The van der Waals surface area contributed by atoms with Gasteiger partial charge in [-0.2, -0.15) is 5.10 Å². The third-order valence-electron chi connectivity index (χ3n) is 5.07. The van der Waals surface area contributed by atoms with Crippen LogP contribution in [0.3, 0.4) is 0 Å². The van der Waals surface area contributed by atoms with E-state index in [0.717, 1.165) is 45.4 Å². The highest BCUT2D eigenvalue weighted by Gasteiger charge is 2.37. The molecular weight excluding hydrogens is 298 g/mol. The molecule has 7 heteroatoms. The second kappa shape index (κ2) is 6.13. The number of ether oxygens (including phenoxy) is 3. The number of rotatable bonds is 1. The molecule has 2 saturated heterocycles. The van der Waals surface area contributed by atoms with Gasteiger partial charge in [-0.3, -0.25) is 4.79 Å². The molecule has 1 aromatic heterocycles. The van der Waals surface area contributed by atoms with Crippen LogP contribution in [-0.4, -0.2) is 65.7 Å². The van der Waals surface area contributed by atoms with Gasteiger partial charge in [0.05, 0.1) is 25.0 Å². The van der Waals surface area contributed by atoms with Gasteiger partial charge in [-0.05, 0) is 19.3 Å². The number of hydrogen-bond donors (Lipinski definition) is 0. The second-order valence-corrected chi connectivity index (χ2v) is 6.47. The van der Waals surface area contributed by atoms with Crippen LogP contribution in [0.2, 0.25) is 0 Å². The normalized spacial score (nSPS) is 23.9. The molecule has 0 atom stereocenters. The Bertz CT molecular complexity index is 580. The van der Waals surface area contributed by atoms with E-state index in [4.69, 9.17) is 14.2 Å². The third kappa shape index (κ3) is 2.83. The fourth-order valence-corrected chi connectivity index (χ4v) is 3.62. The highest BCUT2D eigenvalue weighted by molar-refractivity contribution is 5.96. The van der Waals surface area contributed by atoms with Crippen LogP contribution >= 0.6 is 0 Å². The van der Waals surface area contributed by atoms with Gasteiger partial charge in [0.2, 0.25) is 5.88 Å². The molecule has 0 saturated carbocycles. The van der Waals surface area contributed by atoms with Crippen molar-refractivity contribution < 1.29 is 19.0 Å². The van der Waals surface area contributed by atoms with Crippen LogP contribution in [0, 0.1) is 0 Å². The van der Waals surface area contributed by atoms with E-state index in [1.807, 2.05) is 4.90 Å². The Kier molecular flexibility index (Phi) is 3.98. The van der Waals surface area contributed by atoms with Crippen molar-refractivity contribution in [2.24, 2.45) is 0 Å². The standard InChI is InChI=1S/C16H23N3O4/c20-14(13-12-17-19-5-1-8-22-15(13)19)18-6-2-16(23-11-7-18)3-9-21-10-4-16/h12H,1-11H2. The Balaban J connectivity index is 1.48. The number of aryl methyl sites for hydroxylation is 1. The molecule has 4 heterocycles. The molecule has 1 aromatic rings. The van der Waals surface area contributed by atoms with Crippen LogP contribution in [0.4, 0.5) is 0 Å². The summed E-state index contributed by atoms with van der Waals surface area (Å²) in [6.45, 7) is 4.87. The molecular formula is C16H23N3O4. The van der Waals surface area contributed by atoms with Gasteiger partial charge in [-0.25, -0.2) is 4.68 Å². The van der Waals surface area contributed by atoms with Gasteiger partial charge in [0, 0.05) is 39.3 Å². The fourth-order valence-electron chi connectivity index (χ4n) is 3.62. The monoisotopic (exact) mass is 321 g/mol. The molecule has 3 aliphatic rings. The third-order valence-corrected chi connectivity index (χ3v) is 5.07. The molecule has 1 spiro atoms. The average molecular weight is 321 g/mol. The first-order valence-electron chi connectivity index (χ1n) is 8.47. The van der Waals surface area contributed by atoms with Gasteiger partial charge in [0.1, 0.15) is 5.56 Å². The van der Waals surface area contributed by atoms with Crippen LogP contribution < -0.4 is 4.74 Å². The van der Waals surface area contributed by atoms with Crippen molar-refractivity contribution >= 4 is 5.91 Å². The molecule has 0 unspecified atom stereocenters. The molecule has 0 bridgehead atoms. The minimum absolute atomic E-state index is 0.000796. The summed E-state index contributed by atoms with van der Waals surface area (Å²) in [5.74, 6) is 0.619. The maximum atomic E-state index is 12.9. The molecule has 2 fully saturated rings. The van der Waals surface area contributed by atoms with Gasteiger partial charge in [0.15, 0.2) is 0 Å². The minimum atomic E-state index is -0.109. The Hall–Kier alpha value is -1.60. The smallest absolute Gasteiger partial charge is 0.261 e. The molecule has 3 aliphatic heterocycles. The van der Waals surface area contributed by atoms with Crippen molar-refractivity contribution in [2.45, 2.75) is 37.8 Å². The zero-order chi connectivity index (χ0) is 15.7. The van der Waals surface area contributed by atoms with Crippen LogP contribution in [0.25, 0.3) is 0 Å². The summed E-state index contributed by atoms with van der Waals surface area (Å²) in [5, 5.41) is 4.28. The van der Waals surface area contributed by atoms with Crippen LogP contribution in [0.1, 0.15) is 36.0 Å². The molecule has 1 amide bonds. The van der Waals surface area contributed by atoms with E-state index in [-0.39, 0.29) is 11.5 Å². The number of nitrogens with zero attached hydrogens (tertiary/aromatic N) is 3. The quantitative estimate of drug-likeness (QED) is 0.774. The lowest BCUT2D eigenvalue weighted by molar-refractivity contribution is -0.105. The van der Waals surface area contributed by atoms with E-state index in [2.05, 4.69) is 5.10 Å². The zero-order valence-electron chi connectivity index (χ0n) is 13.3. The van der Waals surface area contributed by atoms with E-state index < -0.39 is 0 Å². The maximum absolute atomic E-state index is 12.9. The van der Waals surface area contributed by atoms with Crippen molar-refractivity contribution in [3.8, 4) is 5.88 Å². The molecule has 0 radical (unpaired) electrons. The van der Waals surface area contributed by atoms with Gasteiger partial charge in [-0.15, -0.1) is 0 Å². The zero-order valence-corrected chi connectivity index (χ0v) is 13.3. The van der Waals surface area contributed by atoms with E-state index in [9.17, 15) is 4.79 Å². The second-order valence-electron chi connectivity index (χ2n) is 6.47. The number of carbonyl (C=O) groups excluding carboxylic acids is 1. The van der Waals surface area contributed by atoms with Crippen molar-refractivity contribution in [3.05, 3.63) is 11.8 Å². The first kappa shape index (κ1) is 15.0. The van der Waals surface area contributed by atoms with Crippen molar-refractivity contribution in [3.63, 3.8) is 0 Å². The topological polar surface area (TPSA) is 65.8 Å². The first-order valence-corrected chi connectivity index (χ1v) is 8.47. The van der Waals surface area contributed by atoms with Crippen LogP contribution in [0.15, 0.2) is 6.20 Å². The number of carbonyl (C=O) groups is 1. The summed E-state index contributed by atoms with van der Waals surface area (Å²) in [6, 6.07) is 0. The van der Waals surface area contributed by atoms with E-state index in [1.165, 1.54) is 0 Å². The Morgan fingerprint density at radius 1 is 1.09 bits per heavy atom. The number of aromatic nitrogens is 2. The molecule has 0 aliphatic carbocycles. The lowest BCUT2D eigenvalue weighted by Gasteiger charge is -2.35. The number of hydrogen-bond acceptors (Lipinski definition) is 5. The summed E-state index contributed by atoms with van der Waals surface area (Å²) in [7, 11) is 0. The Labute approximate surface area is 135 Å². The molecule has 0 N–H and O–H groups in total. The Morgan fingerprint density at radius 2 is 1.96 bits per heavy atom. The minimum Gasteiger partial charge on any atom is -0.477 e. The average Bonchev–Trinajstić information content (AvgIpc) is 2.92. The van der Waals surface area contributed by atoms with Crippen molar-refractivity contribution in [2.75, 3.05) is 39.5 Å². The van der Waals surface area contributed by atoms with Crippen molar-refractivity contribution in [1.29, 1.82) is 0 Å². The van der Waals surface area contributed by atoms with E-state index in [1.54, 1.807) is 10.9 Å². The van der Waals surface area contributed by atoms with Gasteiger partial charge in [-0.1, -0.05) is 0 Å². The molecule has 7 nitrogen and oxygen atoms in total. The summed E-state index contributed by atoms with van der Waals surface area (Å²) in [5.41, 5.74) is 0.468. The Morgan fingerprint density at radius 3 is 2.83 bits per heavy atom. The van der Waals surface area contributed by atoms with Crippen LogP contribution in [0.5, 0.6) is 5.88 Å². The van der Waals surface area contributed by atoms with E-state index in [0.29, 0.717) is 37.7 Å². The SMILES string of the molecule is O=C(c1cnn2c1OCCC2)N1CCOC2(CCOCC2)CC1. The summed E-state index contributed by atoms with van der Waals surface area (Å²) >= 11 is 0. The summed E-state index contributed by atoms with van der Waals surface area (Å²) in [6.07, 6.45) is 5.28. The number of amides is 1. The number of fused-ring (bicyclic) bond motifs is 1. The largest absolute Gasteiger partial charge is 0.477 e. The molecule has 23 heavy (non-hydrogen) atoms. The maximum Gasteiger partial charge on any atom is 0.261 e. The lowest BCUT2D eigenvalue weighted by Crippen LogP contribution is -2.40. The molecule has 126 valence electrons. The van der Waals surface area contributed by atoms with Gasteiger partial charge in [0.25, 0.3) is 5.91 Å². The molecule has 4 rings (SSSR count). The highest BCUT2D eigenvalue weighted by atomic mass is 16.5. The fraction of sp³-hybridized carbons (Fsp3) is 0.750. The predicted octanol–water partition coefficient (Wildman–Crippen LogP) is 1.08.